The Kier molecular flexibility index (Phi) is 5.03. The summed E-state index contributed by atoms with van der Waals surface area (Å²) in [6, 6.07) is 10.8. The molecule has 0 radical (unpaired) electrons. The van der Waals surface area contributed by atoms with E-state index in [1.54, 1.807) is 45.0 Å². The molecule has 0 spiro atoms. The van der Waals surface area contributed by atoms with Crippen molar-refractivity contribution < 1.29 is 19.2 Å². The molecule has 0 aliphatic heterocycles. The molecule has 0 atom stereocenters. The first kappa shape index (κ1) is 17.9. The van der Waals surface area contributed by atoms with Crippen molar-refractivity contribution in [2.24, 2.45) is 0 Å². The van der Waals surface area contributed by atoms with E-state index in [4.69, 9.17) is 14.7 Å². The maximum atomic E-state index is 11.0. The second kappa shape index (κ2) is 7.01. The number of nitriles is 1. The van der Waals surface area contributed by atoms with Gasteiger partial charge in [-0.1, -0.05) is 0 Å². The molecule has 0 saturated carbocycles. The number of aryl methyl sites for hydroxylation is 1. The lowest BCUT2D eigenvalue weighted by atomic mass is 10.1. The number of carbonyl (C=O) groups excluding carboxylic acids is 1. The van der Waals surface area contributed by atoms with Crippen molar-refractivity contribution in [3.63, 3.8) is 0 Å². The Balaban J connectivity index is 2.24. The van der Waals surface area contributed by atoms with E-state index in [2.05, 4.69) is 0 Å². The fourth-order valence-electron chi connectivity index (χ4n) is 2.07. The van der Waals surface area contributed by atoms with Gasteiger partial charge >= 0.3 is 0 Å². The minimum atomic E-state index is -0.937. The summed E-state index contributed by atoms with van der Waals surface area (Å²) in [7, 11) is 0. The molecule has 7 heteroatoms. The highest BCUT2D eigenvalue weighted by Crippen LogP contribution is 2.31. The fraction of sp³-hybridized carbons (Fsp3) is 0.222. The molecule has 25 heavy (non-hydrogen) atoms. The number of hydrogen-bond acceptors (Lipinski definition) is 6. The summed E-state index contributed by atoms with van der Waals surface area (Å²) in [4.78, 5) is 21.2. The molecule has 0 unspecified atom stereocenters. The van der Waals surface area contributed by atoms with E-state index in [9.17, 15) is 14.9 Å². The summed E-state index contributed by atoms with van der Waals surface area (Å²) >= 11 is 0. The number of hydrogen-bond donors (Lipinski definition) is 0. The molecule has 2 rings (SSSR count). The highest BCUT2D eigenvalue weighted by Gasteiger charge is 2.19. The third-order valence-corrected chi connectivity index (χ3v) is 3.32. The molecule has 0 heterocycles. The maximum Gasteiger partial charge on any atom is 0.287 e. The van der Waals surface area contributed by atoms with Crippen LogP contribution in [0.4, 0.5) is 5.69 Å². The van der Waals surface area contributed by atoms with Crippen molar-refractivity contribution >= 4 is 12.0 Å². The predicted molar refractivity (Wildman–Crippen MR) is 89.8 cm³/mol. The Morgan fingerprint density at radius 1 is 1.20 bits per heavy atom. The molecule has 0 aromatic heterocycles. The minimum Gasteiger partial charge on any atom is -0.480 e. The van der Waals surface area contributed by atoms with Crippen LogP contribution in [-0.4, -0.2) is 16.8 Å². The molecule has 0 bridgehead atoms. The minimum absolute atomic E-state index is 0.0769. The Bertz CT molecular complexity index is 868. The average Bonchev–Trinajstić information content (AvgIpc) is 2.57. The van der Waals surface area contributed by atoms with E-state index in [-0.39, 0.29) is 11.3 Å². The Labute approximate surface area is 144 Å². The third-order valence-electron chi connectivity index (χ3n) is 3.32. The van der Waals surface area contributed by atoms with Crippen LogP contribution >= 0.6 is 0 Å². The molecule has 128 valence electrons. The number of nitrogens with zero attached hydrogens (tertiary/aromatic N) is 2. The van der Waals surface area contributed by atoms with Crippen LogP contribution in [0.15, 0.2) is 36.4 Å². The number of aldehydes is 1. The van der Waals surface area contributed by atoms with Crippen LogP contribution < -0.4 is 9.47 Å². The molecule has 0 amide bonds. The lowest BCUT2D eigenvalue weighted by Gasteiger charge is -2.21. The first-order valence-electron chi connectivity index (χ1n) is 7.38. The van der Waals surface area contributed by atoms with E-state index in [0.717, 1.165) is 11.8 Å². The molecule has 0 aliphatic carbocycles. The van der Waals surface area contributed by atoms with Crippen molar-refractivity contribution in [2.45, 2.75) is 26.4 Å². The smallest absolute Gasteiger partial charge is 0.287 e. The van der Waals surface area contributed by atoms with E-state index < -0.39 is 10.5 Å². The lowest BCUT2D eigenvalue weighted by Crippen LogP contribution is -2.30. The van der Waals surface area contributed by atoms with Crippen molar-refractivity contribution in [3.05, 3.63) is 57.6 Å². The van der Waals surface area contributed by atoms with Crippen molar-refractivity contribution in [1.29, 1.82) is 5.26 Å². The predicted octanol–water partition coefficient (Wildman–Crippen LogP) is 3.92. The van der Waals surface area contributed by atoms with E-state index >= 15 is 0 Å². The van der Waals surface area contributed by atoms with Gasteiger partial charge in [0, 0.05) is 12.1 Å². The fourth-order valence-corrected chi connectivity index (χ4v) is 2.07. The van der Waals surface area contributed by atoms with Crippen LogP contribution in [0.2, 0.25) is 0 Å². The van der Waals surface area contributed by atoms with E-state index in [1.165, 1.54) is 18.2 Å². The summed E-state index contributed by atoms with van der Waals surface area (Å²) in [5.74, 6) is 1.33. The van der Waals surface area contributed by atoms with Crippen LogP contribution in [-0.2, 0) is 4.79 Å². The van der Waals surface area contributed by atoms with Crippen LogP contribution in [0.1, 0.15) is 25.0 Å². The van der Waals surface area contributed by atoms with Crippen LogP contribution in [0.25, 0.3) is 0 Å². The molecular formula is C18H16N2O5. The summed E-state index contributed by atoms with van der Waals surface area (Å²) in [6.45, 7) is 5.12. The van der Waals surface area contributed by atoms with Gasteiger partial charge in [0.25, 0.3) is 5.69 Å². The Morgan fingerprint density at radius 3 is 2.40 bits per heavy atom. The molecule has 2 aromatic rings. The number of ether oxygens (including phenoxy) is 2. The number of benzene rings is 2. The van der Waals surface area contributed by atoms with Gasteiger partial charge in [0.05, 0.1) is 4.92 Å². The topological polar surface area (TPSA) is 102 Å². The number of carbonyl (C=O) groups is 1. The van der Waals surface area contributed by atoms with Gasteiger partial charge < -0.3 is 9.47 Å². The Hall–Kier alpha value is -3.40. The zero-order valence-electron chi connectivity index (χ0n) is 14.0. The van der Waals surface area contributed by atoms with Gasteiger partial charge in [0.2, 0.25) is 0 Å². The first-order chi connectivity index (χ1) is 11.8. The van der Waals surface area contributed by atoms with E-state index in [0.29, 0.717) is 17.2 Å². The van der Waals surface area contributed by atoms with Crippen molar-refractivity contribution in [2.75, 3.05) is 0 Å². The van der Waals surface area contributed by atoms with Crippen molar-refractivity contribution in [1.82, 2.24) is 0 Å². The van der Waals surface area contributed by atoms with Gasteiger partial charge in [-0.15, -0.1) is 0 Å². The molecule has 7 nitrogen and oxygen atoms in total. The summed E-state index contributed by atoms with van der Waals surface area (Å²) in [5, 5.41) is 19.9. The van der Waals surface area contributed by atoms with Gasteiger partial charge in [-0.3, -0.25) is 14.9 Å². The highest BCUT2D eigenvalue weighted by molar-refractivity contribution is 5.62. The molecule has 0 aliphatic rings. The number of nitro benzene ring substituents is 1. The SMILES string of the molecule is Cc1cc(Oc2ccc([N+](=O)[O-])c(C#N)c2)ccc1OC(C)(C)C=O. The zero-order valence-corrected chi connectivity index (χ0v) is 14.0. The zero-order chi connectivity index (χ0) is 18.6. The second-order valence-electron chi connectivity index (χ2n) is 5.90. The van der Waals surface area contributed by atoms with Gasteiger partial charge in [-0.05, 0) is 50.6 Å². The maximum absolute atomic E-state index is 11.0. The van der Waals surface area contributed by atoms with E-state index in [1.807, 2.05) is 0 Å². The lowest BCUT2D eigenvalue weighted by molar-refractivity contribution is -0.385. The standard InChI is InChI=1S/C18H16N2O5/c1-12-8-14(5-7-17(12)25-18(2,3)11-21)24-15-4-6-16(20(22)23)13(9-15)10-19/h4-9,11H,1-3H3. The normalized spacial score (nSPS) is 10.6. The highest BCUT2D eigenvalue weighted by atomic mass is 16.6. The quantitative estimate of drug-likeness (QED) is 0.448. The van der Waals surface area contributed by atoms with Crippen LogP contribution in [0.5, 0.6) is 17.2 Å². The molecule has 0 saturated heterocycles. The van der Waals surface area contributed by atoms with Gasteiger partial charge in [0.1, 0.15) is 28.9 Å². The van der Waals surface area contributed by atoms with Gasteiger partial charge in [0.15, 0.2) is 11.9 Å². The second-order valence-corrected chi connectivity index (χ2v) is 5.90. The molecule has 0 N–H and O–H groups in total. The monoisotopic (exact) mass is 340 g/mol. The average molecular weight is 340 g/mol. The van der Waals surface area contributed by atoms with Gasteiger partial charge in [-0.25, -0.2) is 0 Å². The molecule has 0 fully saturated rings. The number of rotatable bonds is 6. The largest absolute Gasteiger partial charge is 0.480 e. The summed E-state index contributed by atoms with van der Waals surface area (Å²) in [5.41, 5.74) is -0.527. The summed E-state index contributed by atoms with van der Waals surface area (Å²) in [6.07, 6.45) is 0.719. The summed E-state index contributed by atoms with van der Waals surface area (Å²) < 4.78 is 11.3. The van der Waals surface area contributed by atoms with Gasteiger partial charge in [-0.2, -0.15) is 5.26 Å². The molecule has 2 aromatic carbocycles. The van der Waals surface area contributed by atoms with Crippen molar-refractivity contribution in [3.8, 4) is 23.3 Å². The van der Waals surface area contributed by atoms with Crippen LogP contribution in [0.3, 0.4) is 0 Å². The number of nitro groups is 1. The van der Waals surface area contributed by atoms with Crippen LogP contribution in [0, 0.1) is 28.4 Å². The molecular weight excluding hydrogens is 324 g/mol. The first-order valence-corrected chi connectivity index (χ1v) is 7.38. The third kappa shape index (κ3) is 4.32. The Morgan fingerprint density at radius 2 is 1.84 bits per heavy atom.